The number of nitrogens with one attached hydrogen (secondary N) is 1. The lowest BCUT2D eigenvalue weighted by atomic mass is 9.81. The number of hydrogen-bond donors (Lipinski definition) is 1. The van der Waals surface area contributed by atoms with Gasteiger partial charge in [0.1, 0.15) is 18.9 Å². The highest BCUT2D eigenvalue weighted by molar-refractivity contribution is 5.76. The molecule has 0 aliphatic heterocycles. The first-order valence-corrected chi connectivity index (χ1v) is 8.64. The van der Waals surface area contributed by atoms with Gasteiger partial charge in [0.05, 0.1) is 11.0 Å². The number of aromatic nitrogens is 2. The zero-order valence-electron chi connectivity index (χ0n) is 14.0. The quantitative estimate of drug-likeness (QED) is 0.644. The van der Waals surface area contributed by atoms with E-state index in [9.17, 15) is 14.9 Å². The van der Waals surface area contributed by atoms with E-state index in [4.69, 9.17) is 0 Å². The fraction of sp³-hybridized carbons (Fsp3) is 0.444. The second kappa shape index (κ2) is 7.92. The highest BCUT2D eigenvalue weighted by atomic mass is 16.6. The molecule has 0 saturated heterocycles. The summed E-state index contributed by atoms with van der Waals surface area (Å²) in [5.74, 6) is 0.240. The Labute approximate surface area is 146 Å². The molecule has 1 aliphatic rings. The van der Waals surface area contributed by atoms with E-state index in [2.05, 4.69) is 10.4 Å². The summed E-state index contributed by atoms with van der Waals surface area (Å²) in [7, 11) is 0. The Morgan fingerprint density at radius 3 is 2.64 bits per heavy atom. The van der Waals surface area contributed by atoms with E-state index >= 15 is 0 Å². The van der Waals surface area contributed by atoms with E-state index in [1.54, 1.807) is 0 Å². The number of carbonyl (C=O) groups is 1. The normalized spacial score (nSPS) is 16.3. The maximum Gasteiger partial charge on any atom is 0.307 e. The van der Waals surface area contributed by atoms with Crippen LogP contribution in [-0.4, -0.2) is 20.6 Å². The van der Waals surface area contributed by atoms with E-state index < -0.39 is 4.92 Å². The molecule has 1 atom stereocenters. The van der Waals surface area contributed by atoms with Crippen molar-refractivity contribution in [2.45, 2.75) is 44.7 Å². The van der Waals surface area contributed by atoms with Gasteiger partial charge in [-0.1, -0.05) is 49.6 Å². The second-order valence-electron chi connectivity index (χ2n) is 6.51. The van der Waals surface area contributed by atoms with Gasteiger partial charge in [-0.2, -0.15) is 5.10 Å². The third-order valence-corrected chi connectivity index (χ3v) is 4.73. The van der Waals surface area contributed by atoms with Crippen molar-refractivity contribution in [2.75, 3.05) is 0 Å². The second-order valence-corrected chi connectivity index (χ2v) is 6.51. The first kappa shape index (κ1) is 17.1. The number of nitro groups is 1. The minimum Gasteiger partial charge on any atom is -0.347 e. The minimum absolute atomic E-state index is 0.0239. The number of nitrogens with zero attached hydrogens (tertiary/aromatic N) is 3. The van der Waals surface area contributed by atoms with Gasteiger partial charge in [-0.15, -0.1) is 0 Å². The fourth-order valence-electron chi connectivity index (χ4n) is 3.50. The average Bonchev–Trinajstić information content (AvgIpc) is 3.10. The fourth-order valence-corrected chi connectivity index (χ4v) is 3.50. The van der Waals surface area contributed by atoms with E-state index in [1.165, 1.54) is 30.1 Å². The van der Waals surface area contributed by atoms with Gasteiger partial charge in [-0.25, -0.2) is 0 Å². The van der Waals surface area contributed by atoms with Crippen molar-refractivity contribution in [3.05, 3.63) is 58.4 Å². The van der Waals surface area contributed by atoms with Gasteiger partial charge in [0.25, 0.3) is 0 Å². The molecule has 1 aliphatic carbocycles. The maximum atomic E-state index is 12.5. The summed E-state index contributed by atoms with van der Waals surface area (Å²) in [5.41, 5.74) is 0.994. The van der Waals surface area contributed by atoms with Crippen molar-refractivity contribution in [1.29, 1.82) is 0 Å². The molecule has 1 amide bonds. The van der Waals surface area contributed by atoms with Crippen LogP contribution in [0.2, 0.25) is 0 Å². The van der Waals surface area contributed by atoms with Gasteiger partial charge in [0.2, 0.25) is 5.91 Å². The zero-order valence-corrected chi connectivity index (χ0v) is 14.0. The Kier molecular flexibility index (Phi) is 5.42. The van der Waals surface area contributed by atoms with E-state index in [0.29, 0.717) is 5.92 Å². The van der Waals surface area contributed by atoms with E-state index in [0.717, 1.165) is 24.6 Å². The molecule has 1 fully saturated rings. The molecule has 1 heterocycles. The van der Waals surface area contributed by atoms with Gasteiger partial charge in [-0.05, 0) is 24.3 Å². The van der Waals surface area contributed by atoms with E-state index in [1.807, 2.05) is 30.3 Å². The van der Waals surface area contributed by atoms with Gasteiger partial charge >= 0.3 is 5.69 Å². The standard InChI is InChI=1S/C18H22N4O3/c23-17(13-21-12-16(11-19-21)22(24)25)20-18(14-7-3-1-4-8-14)15-9-5-2-6-10-15/h1,3-4,7-8,11-12,15,18H,2,5-6,9-10,13H2,(H,20,23)/t18-/m0/s1. The van der Waals surface area contributed by atoms with Crippen molar-refractivity contribution in [3.63, 3.8) is 0 Å². The Morgan fingerprint density at radius 2 is 2.00 bits per heavy atom. The lowest BCUT2D eigenvalue weighted by molar-refractivity contribution is -0.385. The summed E-state index contributed by atoms with van der Waals surface area (Å²) in [6.07, 6.45) is 8.27. The predicted octanol–water partition coefficient (Wildman–Crippen LogP) is 3.23. The predicted molar refractivity (Wildman–Crippen MR) is 92.8 cm³/mol. The molecule has 0 unspecified atom stereocenters. The summed E-state index contributed by atoms with van der Waals surface area (Å²) in [4.78, 5) is 22.7. The monoisotopic (exact) mass is 342 g/mol. The van der Waals surface area contributed by atoms with Crippen LogP contribution in [0.25, 0.3) is 0 Å². The highest BCUT2D eigenvalue weighted by Gasteiger charge is 2.26. The molecule has 7 nitrogen and oxygen atoms in total. The van der Waals surface area contributed by atoms with Crippen LogP contribution in [0.4, 0.5) is 5.69 Å². The van der Waals surface area contributed by atoms with Crippen molar-refractivity contribution in [2.24, 2.45) is 5.92 Å². The molecule has 25 heavy (non-hydrogen) atoms. The van der Waals surface area contributed by atoms with Crippen molar-refractivity contribution < 1.29 is 9.72 Å². The molecule has 0 spiro atoms. The minimum atomic E-state index is -0.518. The molecule has 3 rings (SSSR count). The van der Waals surface area contributed by atoms with Crippen LogP contribution in [0, 0.1) is 16.0 Å². The SMILES string of the molecule is O=C(Cn1cc([N+](=O)[O-])cn1)N[C@@H](c1ccccc1)C1CCCCC1. The van der Waals surface area contributed by atoms with Gasteiger partial charge < -0.3 is 5.32 Å². The molecule has 1 aromatic carbocycles. The molecule has 0 bridgehead atoms. The lowest BCUT2D eigenvalue weighted by Gasteiger charge is -2.31. The van der Waals surface area contributed by atoms with Crippen molar-refractivity contribution in [3.8, 4) is 0 Å². The molecule has 1 aromatic heterocycles. The van der Waals surface area contributed by atoms with Gasteiger partial charge in [-0.3, -0.25) is 19.6 Å². The number of amides is 1. The van der Waals surface area contributed by atoms with E-state index in [-0.39, 0.29) is 24.2 Å². The van der Waals surface area contributed by atoms with Crippen LogP contribution in [-0.2, 0) is 11.3 Å². The Bertz CT molecular complexity index is 723. The molecular formula is C18H22N4O3. The summed E-state index contributed by atoms with van der Waals surface area (Å²) in [6, 6.07) is 9.98. The highest BCUT2D eigenvalue weighted by Crippen LogP contribution is 2.34. The van der Waals surface area contributed by atoms with Crippen molar-refractivity contribution in [1.82, 2.24) is 15.1 Å². The Morgan fingerprint density at radius 1 is 1.28 bits per heavy atom. The maximum absolute atomic E-state index is 12.5. The van der Waals surface area contributed by atoms with Gasteiger partial charge in [0, 0.05) is 0 Å². The molecule has 7 heteroatoms. The van der Waals surface area contributed by atoms with Crippen LogP contribution >= 0.6 is 0 Å². The van der Waals surface area contributed by atoms with Crippen molar-refractivity contribution >= 4 is 11.6 Å². The van der Waals surface area contributed by atoms with Crippen LogP contribution in [0.5, 0.6) is 0 Å². The number of hydrogen-bond acceptors (Lipinski definition) is 4. The molecule has 2 aromatic rings. The molecular weight excluding hydrogens is 320 g/mol. The van der Waals surface area contributed by atoms with Gasteiger partial charge in [0.15, 0.2) is 0 Å². The zero-order chi connectivity index (χ0) is 17.6. The topological polar surface area (TPSA) is 90.1 Å². The Hall–Kier alpha value is -2.70. The number of carbonyl (C=O) groups excluding carboxylic acids is 1. The first-order valence-electron chi connectivity index (χ1n) is 8.64. The molecule has 1 N–H and O–H groups in total. The molecule has 132 valence electrons. The molecule has 0 radical (unpaired) electrons. The summed E-state index contributed by atoms with van der Waals surface area (Å²) >= 11 is 0. The summed E-state index contributed by atoms with van der Waals surface area (Å²) < 4.78 is 1.30. The smallest absolute Gasteiger partial charge is 0.307 e. The first-order chi connectivity index (χ1) is 12.1. The number of benzene rings is 1. The van der Waals surface area contributed by atoms with Crippen LogP contribution in [0.3, 0.4) is 0 Å². The van der Waals surface area contributed by atoms with Crippen LogP contribution < -0.4 is 5.32 Å². The third kappa shape index (κ3) is 4.43. The Balaban J connectivity index is 1.70. The summed E-state index contributed by atoms with van der Waals surface area (Å²) in [5, 5.41) is 17.7. The summed E-state index contributed by atoms with van der Waals surface area (Å²) in [6.45, 7) is -0.0239. The molecule has 1 saturated carbocycles. The van der Waals surface area contributed by atoms with Crippen LogP contribution in [0.1, 0.15) is 43.7 Å². The third-order valence-electron chi connectivity index (χ3n) is 4.73. The van der Waals surface area contributed by atoms with Crippen LogP contribution in [0.15, 0.2) is 42.7 Å². The number of rotatable bonds is 6. The largest absolute Gasteiger partial charge is 0.347 e. The average molecular weight is 342 g/mol. The lowest BCUT2D eigenvalue weighted by Crippen LogP contribution is -2.36.